The molecule has 1 unspecified atom stereocenters. The van der Waals surface area contributed by atoms with E-state index in [1.807, 2.05) is 43.5 Å². The summed E-state index contributed by atoms with van der Waals surface area (Å²) in [6.45, 7) is 4.47. The van der Waals surface area contributed by atoms with Crippen LogP contribution in [0, 0.1) is 11.8 Å². The Morgan fingerprint density at radius 2 is 1.88 bits per heavy atom. The van der Waals surface area contributed by atoms with Crippen LogP contribution in [0.2, 0.25) is 0 Å². The molecule has 0 spiro atoms. The molecule has 180 valence electrons. The summed E-state index contributed by atoms with van der Waals surface area (Å²) in [6, 6.07) is 11.9. The molecular formula is C28H38FNO3. The summed E-state index contributed by atoms with van der Waals surface area (Å²) in [5, 5.41) is 9.69. The molecule has 0 aliphatic heterocycles. The zero-order chi connectivity index (χ0) is 23.7. The predicted octanol–water partition coefficient (Wildman–Crippen LogP) is 7.26. The molecular weight excluding hydrogens is 417 g/mol. The molecule has 1 aliphatic rings. The summed E-state index contributed by atoms with van der Waals surface area (Å²) >= 11 is 0. The van der Waals surface area contributed by atoms with Gasteiger partial charge in [0.05, 0.1) is 12.3 Å². The first-order valence-electron chi connectivity index (χ1n) is 12.6. The largest absolute Gasteiger partial charge is 0.493 e. The third-order valence-electron chi connectivity index (χ3n) is 7.05. The van der Waals surface area contributed by atoms with Gasteiger partial charge >= 0.3 is 5.97 Å². The van der Waals surface area contributed by atoms with Crippen molar-refractivity contribution >= 4 is 5.97 Å². The van der Waals surface area contributed by atoms with Gasteiger partial charge < -0.3 is 9.84 Å². The third kappa shape index (κ3) is 6.78. The van der Waals surface area contributed by atoms with E-state index in [1.54, 1.807) is 0 Å². The first-order valence-corrected chi connectivity index (χ1v) is 12.6. The molecule has 33 heavy (non-hydrogen) atoms. The lowest BCUT2D eigenvalue weighted by atomic mass is 9.74. The number of benzene rings is 1. The van der Waals surface area contributed by atoms with Gasteiger partial charge in [0.15, 0.2) is 0 Å². The molecule has 1 aromatic carbocycles. The number of carboxylic acids is 1. The van der Waals surface area contributed by atoms with Gasteiger partial charge in [-0.05, 0) is 80.3 Å². The van der Waals surface area contributed by atoms with E-state index in [4.69, 9.17) is 4.74 Å². The number of aromatic nitrogens is 1. The quantitative estimate of drug-likeness (QED) is 0.366. The van der Waals surface area contributed by atoms with Crippen molar-refractivity contribution in [1.82, 2.24) is 4.98 Å². The fourth-order valence-corrected chi connectivity index (χ4v) is 4.79. The van der Waals surface area contributed by atoms with Crippen LogP contribution in [0.3, 0.4) is 0 Å². The number of hydrogen-bond acceptors (Lipinski definition) is 3. The molecule has 1 aromatic heterocycles. The SMILES string of the molecule is CCCCc1ccc(-c2ccc(OCC(CC)C[C@@](F)(C(=O)O)C3CCCCC3)cc2)nc1. The monoisotopic (exact) mass is 455 g/mol. The van der Waals surface area contributed by atoms with Crippen LogP contribution >= 0.6 is 0 Å². The number of ether oxygens (including phenoxy) is 1. The van der Waals surface area contributed by atoms with Crippen molar-refractivity contribution in [2.75, 3.05) is 6.61 Å². The third-order valence-corrected chi connectivity index (χ3v) is 7.05. The molecule has 1 fully saturated rings. The lowest BCUT2D eigenvalue weighted by Gasteiger charge is -2.35. The highest BCUT2D eigenvalue weighted by Crippen LogP contribution is 2.40. The number of pyridine rings is 1. The standard InChI is InChI=1S/C28H38FNO3/c1-3-5-9-22-12-17-26(30-19-22)23-13-15-25(16-14-23)33-20-21(4-2)18-28(29,27(31)32)24-10-7-6-8-11-24/h12-17,19,21,24H,3-11,18,20H2,1-2H3,(H,31,32)/t21?,28-/m0/s1. The van der Waals surface area contributed by atoms with Crippen LogP contribution in [0.25, 0.3) is 11.3 Å². The van der Waals surface area contributed by atoms with Crippen LogP contribution in [0.15, 0.2) is 42.6 Å². The van der Waals surface area contributed by atoms with Crippen molar-refractivity contribution < 1.29 is 19.0 Å². The number of rotatable bonds is 12. The maximum atomic E-state index is 15.6. The number of nitrogens with zero attached hydrogens (tertiary/aromatic N) is 1. The highest BCUT2D eigenvalue weighted by Gasteiger charge is 2.47. The van der Waals surface area contributed by atoms with Crippen molar-refractivity contribution in [3.05, 3.63) is 48.2 Å². The Bertz CT molecular complexity index is 862. The first kappa shape index (κ1) is 25.2. The van der Waals surface area contributed by atoms with E-state index in [-0.39, 0.29) is 12.3 Å². The van der Waals surface area contributed by atoms with Gasteiger partial charge in [0.2, 0.25) is 5.67 Å². The summed E-state index contributed by atoms with van der Waals surface area (Å²) in [4.78, 5) is 16.5. The van der Waals surface area contributed by atoms with Gasteiger partial charge in [0, 0.05) is 17.7 Å². The van der Waals surface area contributed by atoms with Crippen LogP contribution < -0.4 is 4.74 Å². The second kappa shape index (κ2) is 12.2. The van der Waals surface area contributed by atoms with Crippen LogP contribution in [-0.4, -0.2) is 28.3 Å². The molecule has 0 bridgehead atoms. The number of aryl methyl sites for hydroxylation is 1. The summed E-state index contributed by atoms with van der Waals surface area (Å²) in [6.07, 6.45) is 10.3. The Balaban J connectivity index is 1.58. The van der Waals surface area contributed by atoms with Gasteiger partial charge in [-0.2, -0.15) is 0 Å². The molecule has 0 saturated heterocycles. The minimum atomic E-state index is -2.16. The normalized spacial score (nSPS) is 17.3. The number of aliphatic carboxylic acids is 1. The number of carboxylic acid groups (broad SMARTS) is 1. The van der Waals surface area contributed by atoms with E-state index in [0.717, 1.165) is 36.9 Å². The summed E-state index contributed by atoms with van der Waals surface area (Å²) in [7, 11) is 0. The molecule has 0 radical (unpaired) electrons. The maximum Gasteiger partial charge on any atom is 0.341 e. The Morgan fingerprint density at radius 1 is 1.15 bits per heavy atom. The van der Waals surface area contributed by atoms with E-state index in [1.165, 1.54) is 18.4 Å². The van der Waals surface area contributed by atoms with E-state index >= 15 is 4.39 Å². The molecule has 4 nitrogen and oxygen atoms in total. The molecule has 5 heteroatoms. The number of unbranched alkanes of at least 4 members (excludes halogenated alkanes) is 1. The van der Waals surface area contributed by atoms with E-state index < -0.39 is 17.6 Å². The summed E-state index contributed by atoms with van der Waals surface area (Å²) in [5.74, 6) is -1.15. The summed E-state index contributed by atoms with van der Waals surface area (Å²) < 4.78 is 21.6. The Morgan fingerprint density at radius 3 is 2.45 bits per heavy atom. The minimum absolute atomic E-state index is 0.00981. The van der Waals surface area contributed by atoms with Gasteiger partial charge in [0.1, 0.15) is 5.75 Å². The Labute approximate surface area is 197 Å². The molecule has 1 N–H and O–H groups in total. The Kier molecular flexibility index (Phi) is 9.28. The summed E-state index contributed by atoms with van der Waals surface area (Å²) in [5.41, 5.74) is 1.03. The molecule has 1 saturated carbocycles. The van der Waals surface area contributed by atoms with E-state index in [9.17, 15) is 9.90 Å². The van der Waals surface area contributed by atoms with E-state index in [2.05, 4.69) is 18.0 Å². The smallest absolute Gasteiger partial charge is 0.341 e. The van der Waals surface area contributed by atoms with Crippen LogP contribution in [0.4, 0.5) is 4.39 Å². The van der Waals surface area contributed by atoms with Crippen LogP contribution in [-0.2, 0) is 11.2 Å². The van der Waals surface area contributed by atoms with Gasteiger partial charge in [-0.25, -0.2) is 9.18 Å². The van der Waals surface area contributed by atoms with Crippen LogP contribution in [0.5, 0.6) is 5.75 Å². The number of halogens is 1. The molecule has 1 heterocycles. The molecule has 0 amide bonds. The minimum Gasteiger partial charge on any atom is -0.493 e. The van der Waals surface area contributed by atoms with Gasteiger partial charge in [0.25, 0.3) is 0 Å². The zero-order valence-corrected chi connectivity index (χ0v) is 20.1. The lowest BCUT2D eigenvalue weighted by Crippen LogP contribution is -2.44. The zero-order valence-electron chi connectivity index (χ0n) is 20.1. The topological polar surface area (TPSA) is 59.4 Å². The Hall–Kier alpha value is -2.43. The highest BCUT2D eigenvalue weighted by molar-refractivity contribution is 5.77. The predicted molar refractivity (Wildman–Crippen MR) is 130 cm³/mol. The molecule has 2 aromatic rings. The molecule has 2 atom stereocenters. The highest BCUT2D eigenvalue weighted by atomic mass is 19.1. The fraction of sp³-hybridized carbons (Fsp3) is 0.571. The second-order valence-corrected chi connectivity index (χ2v) is 9.47. The van der Waals surface area contributed by atoms with E-state index in [0.29, 0.717) is 31.6 Å². The van der Waals surface area contributed by atoms with Gasteiger partial charge in [-0.1, -0.05) is 45.6 Å². The average molecular weight is 456 g/mol. The fourth-order valence-electron chi connectivity index (χ4n) is 4.79. The van der Waals surface area contributed by atoms with Crippen LogP contribution in [0.1, 0.15) is 77.2 Å². The van der Waals surface area contributed by atoms with Crippen molar-refractivity contribution in [1.29, 1.82) is 0 Å². The number of alkyl halides is 1. The molecule has 3 rings (SSSR count). The number of hydrogen-bond donors (Lipinski definition) is 1. The van der Waals surface area contributed by atoms with Crippen molar-refractivity contribution in [3.63, 3.8) is 0 Å². The maximum absolute atomic E-state index is 15.6. The van der Waals surface area contributed by atoms with Crippen molar-refractivity contribution in [3.8, 4) is 17.0 Å². The molecule has 1 aliphatic carbocycles. The van der Waals surface area contributed by atoms with Crippen molar-refractivity contribution in [2.24, 2.45) is 11.8 Å². The van der Waals surface area contributed by atoms with Crippen molar-refractivity contribution in [2.45, 2.75) is 83.7 Å². The lowest BCUT2D eigenvalue weighted by molar-refractivity contribution is -0.158. The average Bonchev–Trinajstić information content (AvgIpc) is 2.86. The second-order valence-electron chi connectivity index (χ2n) is 9.47. The van der Waals surface area contributed by atoms with Gasteiger partial charge in [-0.15, -0.1) is 0 Å². The van der Waals surface area contributed by atoms with Gasteiger partial charge in [-0.3, -0.25) is 4.98 Å². The first-order chi connectivity index (χ1) is 16.0. The number of carbonyl (C=O) groups is 1.